The van der Waals surface area contributed by atoms with Gasteiger partial charge in [0.25, 0.3) is 5.91 Å². The SMILES string of the molecule is Cc1ccc(CN2Cc3c(C(=O)N4CCCC4)nn(C)c3C2)s1. The third-order valence-electron chi connectivity index (χ3n) is 4.80. The number of nitrogens with zero attached hydrogens (tertiary/aromatic N) is 4. The van der Waals surface area contributed by atoms with E-state index in [2.05, 4.69) is 29.1 Å². The Balaban J connectivity index is 1.54. The minimum atomic E-state index is 0.119. The Kier molecular flexibility index (Phi) is 3.73. The highest BCUT2D eigenvalue weighted by molar-refractivity contribution is 7.11. The lowest BCUT2D eigenvalue weighted by atomic mass is 10.2. The molecule has 0 N–H and O–H groups in total. The quantitative estimate of drug-likeness (QED) is 0.868. The van der Waals surface area contributed by atoms with Gasteiger partial charge in [-0.1, -0.05) is 0 Å². The molecule has 0 atom stereocenters. The molecule has 5 nitrogen and oxygen atoms in total. The molecule has 122 valence electrons. The van der Waals surface area contributed by atoms with Gasteiger partial charge >= 0.3 is 0 Å². The molecule has 0 spiro atoms. The first-order valence-corrected chi connectivity index (χ1v) is 9.05. The Hall–Kier alpha value is -1.66. The van der Waals surface area contributed by atoms with Crippen molar-refractivity contribution in [3.8, 4) is 0 Å². The van der Waals surface area contributed by atoms with Crippen molar-refractivity contribution in [1.29, 1.82) is 0 Å². The largest absolute Gasteiger partial charge is 0.337 e. The molecule has 0 bridgehead atoms. The van der Waals surface area contributed by atoms with Gasteiger partial charge in [-0.15, -0.1) is 11.3 Å². The first-order valence-electron chi connectivity index (χ1n) is 8.23. The highest BCUT2D eigenvalue weighted by Gasteiger charge is 2.32. The van der Waals surface area contributed by atoms with Crippen molar-refractivity contribution in [1.82, 2.24) is 19.6 Å². The maximum absolute atomic E-state index is 12.7. The minimum absolute atomic E-state index is 0.119. The highest BCUT2D eigenvalue weighted by Crippen LogP contribution is 2.29. The molecule has 4 rings (SSSR count). The summed E-state index contributed by atoms with van der Waals surface area (Å²) in [5.41, 5.74) is 3.01. The number of aryl methyl sites for hydroxylation is 2. The molecule has 0 unspecified atom stereocenters. The third-order valence-corrected chi connectivity index (χ3v) is 5.79. The van der Waals surface area contributed by atoms with Gasteiger partial charge in [0, 0.05) is 55.1 Å². The lowest BCUT2D eigenvalue weighted by Crippen LogP contribution is -2.29. The zero-order valence-corrected chi connectivity index (χ0v) is 14.5. The Morgan fingerprint density at radius 3 is 2.74 bits per heavy atom. The van der Waals surface area contributed by atoms with Crippen LogP contribution in [0.4, 0.5) is 0 Å². The fraction of sp³-hybridized carbons (Fsp3) is 0.529. The lowest BCUT2D eigenvalue weighted by molar-refractivity contribution is 0.0784. The maximum atomic E-state index is 12.7. The van der Waals surface area contributed by atoms with Crippen molar-refractivity contribution in [2.45, 2.75) is 39.4 Å². The average Bonchev–Trinajstić information content (AvgIpc) is 3.26. The van der Waals surface area contributed by atoms with Crippen molar-refractivity contribution >= 4 is 17.2 Å². The van der Waals surface area contributed by atoms with Crippen molar-refractivity contribution in [3.05, 3.63) is 38.8 Å². The smallest absolute Gasteiger partial charge is 0.274 e. The van der Waals surface area contributed by atoms with Crippen LogP contribution in [0, 0.1) is 6.92 Å². The molecule has 2 aliphatic rings. The number of thiophene rings is 1. The molecule has 0 aliphatic carbocycles. The maximum Gasteiger partial charge on any atom is 0.274 e. The first kappa shape index (κ1) is 14.9. The van der Waals surface area contributed by atoms with E-state index in [0.29, 0.717) is 5.69 Å². The second kappa shape index (κ2) is 5.76. The normalized spacial score (nSPS) is 17.9. The number of likely N-dealkylation sites (tertiary alicyclic amines) is 1. The molecule has 23 heavy (non-hydrogen) atoms. The van der Waals surface area contributed by atoms with E-state index >= 15 is 0 Å². The van der Waals surface area contributed by atoms with Gasteiger partial charge in [-0.3, -0.25) is 14.4 Å². The second-order valence-electron chi connectivity index (χ2n) is 6.55. The van der Waals surface area contributed by atoms with Gasteiger partial charge in [-0.05, 0) is 31.9 Å². The summed E-state index contributed by atoms with van der Waals surface area (Å²) in [6.45, 7) is 6.55. The zero-order valence-electron chi connectivity index (χ0n) is 13.7. The van der Waals surface area contributed by atoms with Gasteiger partial charge < -0.3 is 4.90 Å². The summed E-state index contributed by atoms with van der Waals surface area (Å²) in [4.78, 5) is 19.8. The average molecular weight is 330 g/mol. The molecule has 0 aromatic carbocycles. The number of carbonyl (C=O) groups excluding carboxylic acids is 1. The van der Waals surface area contributed by atoms with E-state index in [1.807, 2.05) is 28.0 Å². The molecular weight excluding hydrogens is 308 g/mol. The predicted octanol–water partition coefficient (Wildman–Crippen LogP) is 2.54. The fourth-order valence-electron chi connectivity index (χ4n) is 3.60. The standard InChI is InChI=1S/C17H22N4OS/c1-12-5-6-13(23-12)9-20-10-14-15(11-20)19(2)18-16(14)17(22)21-7-3-4-8-21/h5-6H,3-4,7-11H2,1-2H3. The Morgan fingerprint density at radius 2 is 2.04 bits per heavy atom. The molecule has 4 heterocycles. The summed E-state index contributed by atoms with van der Waals surface area (Å²) < 4.78 is 1.90. The van der Waals surface area contributed by atoms with Gasteiger partial charge in [0.15, 0.2) is 5.69 Å². The van der Waals surface area contributed by atoms with Gasteiger partial charge in [-0.25, -0.2) is 0 Å². The Morgan fingerprint density at radius 1 is 1.26 bits per heavy atom. The molecule has 2 aromatic heterocycles. The summed E-state index contributed by atoms with van der Waals surface area (Å²) in [7, 11) is 1.96. The van der Waals surface area contributed by atoms with Crippen LogP contribution in [0.3, 0.4) is 0 Å². The number of rotatable bonds is 3. The summed E-state index contributed by atoms with van der Waals surface area (Å²) in [6, 6.07) is 4.38. The van der Waals surface area contributed by atoms with Crippen LogP contribution in [0.15, 0.2) is 12.1 Å². The van der Waals surface area contributed by atoms with Crippen molar-refractivity contribution in [2.75, 3.05) is 13.1 Å². The Labute approximate surface area is 140 Å². The van der Waals surface area contributed by atoms with Gasteiger partial charge in [-0.2, -0.15) is 5.10 Å². The lowest BCUT2D eigenvalue weighted by Gasteiger charge is -2.16. The van der Waals surface area contributed by atoms with Gasteiger partial charge in [0.05, 0.1) is 5.69 Å². The molecule has 0 saturated carbocycles. The topological polar surface area (TPSA) is 41.4 Å². The Bertz CT molecular complexity index is 742. The number of hydrogen-bond acceptors (Lipinski definition) is 4. The molecule has 6 heteroatoms. The van der Waals surface area contributed by atoms with E-state index in [9.17, 15) is 4.79 Å². The summed E-state index contributed by atoms with van der Waals surface area (Å²) in [5.74, 6) is 0.119. The zero-order chi connectivity index (χ0) is 16.0. The van der Waals surface area contributed by atoms with E-state index in [1.54, 1.807) is 0 Å². The predicted molar refractivity (Wildman–Crippen MR) is 90.4 cm³/mol. The highest BCUT2D eigenvalue weighted by atomic mass is 32.1. The third kappa shape index (κ3) is 2.70. The van der Waals surface area contributed by atoms with Gasteiger partial charge in [0.1, 0.15) is 0 Å². The van der Waals surface area contributed by atoms with Crippen LogP contribution in [0.1, 0.15) is 44.3 Å². The molecule has 1 saturated heterocycles. The van der Waals surface area contributed by atoms with Crippen molar-refractivity contribution in [2.24, 2.45) is 7.05 Å². The van der Waals surface area contributed by atoms with Crippen LogP contribution in [0.2, 0.25) is 0 Å². The number of aromatic nitrogens is 2. The van der Waals surface area contributed by atoms with E-state index < -0.39 is 0 Å². The molecule has 0 radical (unpaired) electrons. The molecule has 2 aromatic rings. The molecule has 1 fully saturated rings. The molecule has 1 amide bonds. The summed E-state index contributed by atoms with van der Waals surface area (Å²) in [5, 5.41) is 4.52. The minimum Gasteiger partial charge on any atom is -0.337 e. The van der Waals surface area contributed by atoms with Crippen LogP contribution < -0.4 is 0 Å². The van der Waals surface area contributed by atoms with E-state index in [4.69, 9.17) is 0 Å². The fourth-order valence-corrected chi connectivity index (χ4v) is 4.53. The van der Waals surface area contributed by atoms with Crippen molar-refractivity contribution < 1.29 is 4.79 Å². The second-order valence-corrected chi connectivity index (χ2v) is 7.93. The number of amides is 1. The summed E-state index contributed by atoms with van der Waals surface area (Å²) >= 11 is 1.85. The monoisotopic (exact) mass is 330 g/mol. The number of fused-ring (bicyclic) bond motifs is 1. The van der Waals surface area contributed by atoms with Crippen LogP contribution >= 0.6 is 11.3 Å². The van der Waals surface area contributed by atoms with Gasteiger partial charge in [0.2, 0.25) is 0 Å². The van der Waals surface area contributed by atoms with E-state index in [0.717, 1.165) is 51.1 Å². The van der Waals surface area contributed by atoms with Crippen LogP contribution in [0.25, 0.3) is 0 Å². The van der Waals surface area contributed by atoms with Crippen molar-refractivity contribution in [3.63, 3.8) is 0 Å². The number of hydrogen-bond donors (Lipinski definition) is 0. The van der Waals surface area contributed by atoms with Crippen LogP contribution in [-0.4, -0.2) is 38.6 Å². The summed E-state index contributed by atoms with van der Waals surface area (Å²) in [6.07, 6.45) is 2.23. The van der Waals surface area contributed by atoms with Crippen LogP contribution in [-0.2, 0) is 26.7 Å². The molecule has 2 aliphatic heterocycles. The number of carbonyl (C=O) groups is 1. The van der Waals surface area contributed by atoms with Crippen LogP contribution in [0.5, 0.6) is 0 Å². The first-order chi connectivity index (χ1) is 11.1. The van der Waals surface area contributed by atoms with E-state index in [-0.39, 0.29) is 5.91 Å². The molecular formula is C17H22N4OS. The van der Waals surface area contributed by atoms with E-state index in [1.165, 1.54) is 15.4 Å².